The molecule has 1 unspecified atom stereocenters. The average Bonchev–Trinajstić information content (AvgIpc) is 3.49. The molecule has 0 spiro atoms. The normalized spacial score (nSPS) is 17.4. The van der Waals surface area contributed by atoms with Gasteiger partial charge in [0.1, 0.15) is 5.76 Å². The third-order valence-electron chi connectivity index (χ3n) is 6.37. The highest BCUT2D eigenvalue weighted by molar-refractivity contribution is 6.33. The van der Waals surface area contributed by atoms with Crippen LogP contribution in [0.2, 0.25) is 5.02 Å². The molecule has 6 nitrogen and oxygen atoms in total. The molecule has 10 heteroatoms. The Bertz CT molecular complexity index is 1300. The van der Waals surface area contributed by atoms with E-state index >= 15 is 0 Å². The molecule has 1 aromatic heterocycles. The van der Waals surface area contributed by atoms with Gasteiger partial charge < -0.3 is 18.6 Å². The van der Waals surface area contributed by atoms with Gasteiger partial charge in [-0.25, -0.2) is 0 Å². The standard InChI is InChI=1S/C25H21ClF3NO5/c1-30-8-7-13-9-21-23(34-12-33-21)24(32-2)22(13)17(30)11-18(31)20-6-5-19(35-20)15-10-14(25(27,28)29)3-4-16(15)26/h3-6,9-10,17H,7-8,11-12H2,1-2H3. The van der Waals surface area contributed by atoms with Crippen LogP contribution in [0.5, 0.6) is 17.2 Å². The lowest BCUT2D eigenvalue weighted by Gasteiger charge is -2.35. The zero-order chi connectivity index (χ0) is 24.9. The van der Waals surface area contributed by atoms with Crippen molar-refractivity contribution in [2.75, 3.05) is 27.5 Å². The monoisotopic (exact) mass is 507 g/mol. The predicted octanol–water partition coefficient (Wildman–Crippen LogP) is 6.16. The molecular weight excluding hydrogens is 487 g/mol. The summed E-state index contributed by atoms with van der Waals surface area (Å²) in [7, 11) is 3.46. The average molecular weight is 508 g/mol. The summed E-state index contributed by atoms with van der Waals surface area (Å²) in [5, 5.41) is 0.0908. The second kappa shape index (κ2) is 8.80. The lowest BCUT2D eigenvalue weighted by molar-refractivity contribution is -0.137. The highest BCUT2D eigenvalue weighted by Crippen LogP contribution is 2.50. The summed E-state index contributed by atoms with van der Waals surface area (Å²) >= 11 is 6.13. The molecule has 0 fully saturated rings. The summed E-state index contributed by atoms with van der Waals surface area (Å²) in [6, 6.07) is 7.48. The van der Waals surface area contributed by atoms with Crippen LogP contribution in [0, 0.1) is 0 Å². The maximum absolute atomic E-state index is 13.2. The fraction of sp³-hybridized carbons (Fsp3) is 0.320. The Hall–Kier alpha value is -3.17. The summed E-state index contributed by atoms with van der Waals surface area (Å²) in [4.78, 5) is 15.3. The van der Waals surface area contributed by atoms with E-state index in [0.29, 0.717) is 17.2 Å². The van der Waals surface area contributed by atoms with Crippen molar-refractivity contribution < 1.29 is 36.6 Å². The topological polar surface area (TPSA) is 61.1 Å². The first kappa shape index (κ1) is 23.6. The third-order valence-corrected chi connectivity index (χ3v) is 6.70. The SMILES string of the molecule is COc1c2c(cc3c1C(CC(=O)c1ccc(-c4cc(C(F)(F)F)ccc4Cl)o1)N(C)CC3)OCO2. The van der Waals surface area contributed by atoms with Crippen molar-refractivity contribution in [2.24, 2.45) is 0 Å². The first-order chi connectivity index (χ1) is 16.7. The Balaban J connectivity index is 1.45. The van der Waals surface area contributed by atoms with E-state index in [4.69, 9.17) is 30.2 Å². The number of methoxy groups -OCH3 is 1. The molecule has 3 heterocycles. The molecule has 0 saturated heterocycles. The lowest BCUT2D eigenvalue weighted by atomic mass is 9.88. The minimum Gasteiger partial charge on any atom is -0.492 e. The van der Waals surface area contributed by atoms with Crippen molar-refractivity contribution in [3.05, 3.63) is 63.9 Å². The molecule has 184 valence electrons. The molecule has 3 aromatic rings. The van der Waals surface area contributed by atoms with Gasteiger partial charge in [0.05, 0.1) is 17.7 Å². The number of alkyl halides is 3. The van der Waals surface area contributed by atoms with Crippen molar-refractivity contribution in [3.63, 3.8) is 0 Å². The van der Waals surface area contributed by atoms with Gasteiger partial charge in [-0.15, -0.1) is 0 Å². The minimum absolute atomic E-state index is 0.0358. The Morgan fingerprint density at radius 1 is 1.20 bits per heavy atom. The number of likely N-dealkylation sites (N-methyl/N-ethyl adjacent to an activating group) is 1. The van der Waals surface area contributed by atoms with E-state index in [1.807, 2.05) is 13.1 Å². The van der Waals surface area contributed by atoms with E-state index in [2.05, 4.69) is 4.90 Å². The Morgan fingerprint density at radius 3 is 2.74 bits per heavy atom. The third kappa shape index (κ3) is 4.23. The molecule has 35 heavy (non-hydrogen) atoms. The number of furan rings is 1. The molecule has 1 atom stereocenters. The van der Waals surface area contributed by atoms with Crippen molar-refractivity contribution in [2.45, 2.75) is 25.1 Å². The maximum atomic E-state index is 13.2. The second-order valence-electron chi connectivity index (χ2n) is 8.45. The van der Waals surface area contributed by atoms with Crippen molar-refractivity contribution >= 4 is 17.4 Å². The second-order valence-corrected chi connectivity index (χ2v) is 8.85. The van der Waals surface area contributed by atoms with E-state index in [1.54, 1.807) is 7.11 Å². The van der Waals surface area contributed by atoms with Gasteiger partial charge in [-0.1, -0.05) is 11.6 Å². The molecule has 0 saturated carbocycles. The number of hydrogen-bond acceptors (Lipinski definition) is 6. The molecule has 2 aliphatic heterocycles. The Labute approximate surface area is 204 Å². The number of ketones is 1. The highest BCUT2D eigenvalue weighted by Gasteiger charge is 2.36. The molecule has 2 aliphatic rings. The van der Waals surface area contributed by atoms with Gasteiger partial charge in [0.25, 0.3) is 0 Å². The van der Waals surface area contributed by atoms with E-state index < -0.39 is 11.7 Å². The fourth-order valence-electron chi connectivity index (χ4n) is 4.58. The minimum atomic E-state index is -4.53. The first-order valence-corrected chi connectivity index (χ1v) is 11.2. The summed E-state index contributed by atoms with van der Waals surface area (Å²) in [6.07, 6.45) is -3.71. The number of rotatable bonds is 5. The largest absolute Gasteiger partial charge is 0.492 e. The molecule has 0 bridgehead atoms. The van der Waals surface area contributed by atoms with Crippen LogP contribution in [-0.4, -0.2) is 38.2 Å². The Morgan fingerprint density at radius 2 is 2.00 bits per heavy atom. The van der Waals surface area contributed by atoms with Crippen LogP contribution < -0.4 is 14.2 Å². The van der Waals surface area contributed by atoms with E-state index in [-0.39, 0.29) is 47.1 Å². The first-order valence-electron chi connectivity index (χ1n) is 10.9. The van der Waals surface area contributed by atoms with Crippen LogP contribution in [0.25, 0.3) is 11.3 Å². The molecule has 5 rings (SSSR count). The number of carbonyl (C=O) groups excluding carboxylic acids is 1. The van der Waals surface area contributed by atoms with Gasteiger partial charge in [-0.3, -0.25) is 9.69 Å². The van der Waals surface area contributed by atoms with Gasteiger partial charge in [-0.05, 0) is 55.4 Å². The van der Waals surface area contributed by atoms with Crippen LogP contribution in [-0.2, 0) is 12.6 Å². The number of nitrogens with zero attached hydrogens (tertiary/aromatic N) is 1. The zero-order valence-electron chi connectivity index (χ0n) is 18.9. The smallest absolute Gasteiger partial charge is 0.416 e. The van der Waals surface area contributed by atoms with Crippen LogP contribution in [0.15, 0.2) is 40.8 Å². The quantitative estimate of drug-likeness (QED) is 0.386. The summed E-state index contributed by atoms with van der Waals surface area (Å²) < 4.78 is 61.9. The highest BCUT2D eigenvalue weighted by atomic mass is 35.5. The number of hydrogen-bond donors (Lipinski definition) is 0. The Kier molecular flexibility index (Phi) is 5.93. The van der Waals surface area contributed by atoms with Crippen molar-refractivity contribution in [1.82, 2.24) is 4.90 Å². The number of ether oxygens (including phenoxy) is 3. The predicted molar refractivity (Wildman–Crippen MR) is 121 cm³/mol. The lowest BCUT2D eigenvalue weighted by Crippen LogP contribution is -2.34. The van der Waals surface area contributed by atoms with Crippen molar-refractivity contribution in [1.29, 1.82) is 0 Å². The molecule has 2 aromatic carbocycles. The van der Waals surface area contributed by atoms with Gasteiger partial charge in [0.15, 0.2) is 23.0 Å². The summed E-state index contributed by atoms with van der Waals surface area (Å²) in [5.41, 5.74) is 1.08. The maximum Gasteiger partial charge on any atom is 0.416 e. The van der Waals surface area contributed by atoms with Gasteiger partial charge in [0.2, 0.25) is 12.5 Å². The number of carbonyl (C=O) groups is 1. The van der Waals surface area contributed by atoms with Crippen LogP contribution in [0.4, 0.5) is 13.2 Å². The molecular formula is C25H21ClF3NO5. The summed E-state index contributed by atoms with van der Waals surface area (Å²) in [6.45, 7) is 0.818. The van der Waals surface area contributed by atoms with Gasteiger partial charge in [-0.2, -0.15) is 13.2 Å². The van der Waals surface area contributed by atoms with E-state index in [1.165, 1.54) is 12.1 Å². The van der Waals surface area contributed by atoms with Gasteiger partial charge >= 0.3 is 6.18 Å². The summed E-state index contributed by atoms with van der Waals surface area (Å²) in [5.74, 6) is 1.48. The van der Waals surface area contributed by atoms with Crippen molar-refractivity contribution in [3.8, 4) is 28.6 Å². The number of Topliss-reactive ketones (excluding diaryl/α,β-unsaturated/α-hetero) is 1. The van der Waals surface area contributed by atoms with E-state index in [0.717, 1.165) is 42.3 Å². The molecule has 0 amide bonds. The van der Waals surface area contributed by atoms with E-state index in [9.17, 15) is 18.0 Å². The van der Waals surface area contributed by atoms with Gasteiger partial charge in [0, 0.05) is 30.1 Å². The number of benzene rings is 2. The van der Waals surface area contributed by atoms with Crippen LogP contribution in [0.1, 0.15) is 39.7 Å². The molecule has 0 aliphatic carbocycles. The van der Waals surface area contributed by atoms with Crippen LogP contribution >= 0.6 is 11.6 Å². The number of halogens is 4. The fourth-order valence-corrected chi connectivity index (χ4v) is 4.79. The van der Waals surface area contributed by atoms with Crippen LogP contribution in [0.3, 0.4) is 0 Å². The zero-order valence-corrected chi connectivity index (χ0v) is 19.6. The molecule has 0 N–H and O–H groups in total. The number of fused-ring (bicyclic) bond motifs is 2. The molecule has 0 radical (unpaired) electrons.